The molecule has 1 aliphatic rings. The van der Waals surface area contributed by atoms with Crippen molar-refractivity contribution in [3.8, 4) is 11.5 Å². The number of benzene rings is 1. The van der Waals surface area contributed by atoms with E-state index in [4.69, 9.17) is 9.47 Å². The zero-order valence-corrected chi connectivity index (χ0v) is 11.1. The van der Waals surface area contributed by atoms with Gasteiger partial charge < -0.3 is 9.47 Å². The Morgan fingerprint density at radius 2 is 2.00 bits per heavy atom. The van der Waals surface area contributed by atoms with Crippen LogP contribution in [0.1, 0.15) is 4.88 Å². The number of nitro groups is 1. The van der Waals surface area contributed by atoms with Gasteiger partial charge in [-0.3, -0.25) is 15.1 Å². The van der Waals surface area contributed by atoms with Crippen LogP contribution in [0.4, 0.5) is 10.7 Å². The van der Waals surface area contributed by atoms with Crippen LogP contribution in [0.2, 0.25) is 0 Å². The quantitative estimate of drug-likeness (QED) is 0.494. The topological polar surface area (TPSA) is 74.0 Å². The molecule has 0 aliphatic carbocycles. The maximum Gasteiger partial charge on any atom is 0.324 e. The lowest BCUT2D eigenvalue weighted by Gasteiger charge is -2.18. The lowest BCUT2D eigenvalue weighted by Crippen LogP contribution is -2.14. The molecule has 6 nitrogen and oxygen atoms in total. The Labute approximate surface area is 118 Å². The minimum Gasteiger partial charge on any atom is -0.486 e. The van der Waals surface area contributed by atoms with Gasteiger partial charge in [0.1, 0.15) is 13.2 Å². The summed E-state index contributed by atoms with van der Waals surface area (Å²) in [6.45, 7) is 1.08. The Bertz CT molecular complexity index is 681. The summed E-state index contributed by atoms with van der Waals surface area (Å²) in [5, 5.41) is 10.7. The van der Waals surface area contributed by atoms with Crippen molar-refractivity contribution in [2.24, 2.45) is 4.99 Å². The van der Waals surface area contributed by atoms with E-state index in [-0.39, 0.29) is 5.00 Å². The number of ether oxygens (including phenoxy) is 2. The first kappa shape index (κ1) is 12.6. The van der Waals surface area contributed by atoms with Gasteiger partial charge in [-0.05, 0) is 18.2 Å². The van der Waals surface area contributed by atoms with Crippen LogP contribution in [0.5, 0.6) is 11.5 Å². The Morgan fingerprint density at radius 1 is 1.20 bits per heavy atom. The van der Waals surface area contributed by atoms with Crippen molar-refractivity contribution in [2.45, 2.75) is 0 Å². The third-order valence-electron chi connectivity index (χ3n) is 2.66. The average molecular weight is 290 g/mol. The Balaban J connectivity index is 1.79. The van der Waals surface area contributed by atoms with E-state index in [2.05, 4.69) is 4.99 Å². The van der Waals surface area contributed by atoms with Crippen LogP contribution < -0.4 is 9.47 Å². The van der Waals surface area contributed by atoms with Gasteiger partial charge in [-0.25, -0.2) is 0 Å². The highest BCUT2D eigenvalue weighted by Gasteiger charge is 2.11. The van der Waals surface area contributed by atoms with Crippen LogP contribution >= 0.6 is 11.3 Å². The molecule has 0 amide bonds. The van der Waals surface area contributed by atoms with Gasteiger partial charge in [0, 0.05) is 18.3 Å². The van der Waals surface area contributed by atoms with E-state index >= 15 is 0 Å². The zero-order valence-electron chi connectivity index (χ0n) is 10.3. The van der Waals surface area contributed by atoms with Crippen molar-refractivity contribution in [2.75, 3.05) is 13.2 Å². The second-order valence-electron chi connectivity index (χ2n) is 4.02. The molecular formula is C13H10N2O4S. The van der Waals surface area contributed by atoms with Gasteiger partial charge in [-0.2, -0.15) is 0 Å². The third kappa shape index (κ3) is 2.62. The van der Waals surface area contributed by atoms with Gasteiger partial charge in [-0.1, -0.05) is 11.3 Å². The molecule has 0 bridgehead atoms. The minimum absolute atomic E-state index is 0.105. The molecule has 2 aromatic rings. The van der Waals surface area contributed by atoms with E-state index in [9.17, 15) is 10.1 Å². The fourth-order valence-corrected chi connectivity index (χ4v) is 2.45. The normalized spacial score (nSPS) is 13.6. The van der Waals surface area contributed by atoms with Crippen LogP contribution in [0.25, 0.3) is 0 Å². The summed E-state index contributed by atoms with van der Waals surface area (Å²) in [7, 11) is 0. The highest BCUT2D eigenvalue weighted by molar-refractivity contribution is 7.16. The van der Waals surface area contributed by atoms with E-state index in [0.29, 0.717) is 30.4 Å². The second-order valence-corrected chi connectivity index (χ2v) is 5.11. The second kappa shape index (κ2) is 5.30. The highest BCUT2D eigenvalue weighted by Crippen LogP contribution is 2.33. The summed E-state index contributed by atoms with van der Waals surface area (Å²) >= 11 is 1.08. The number of fused-ring (bicyclic) bond motifs is 1. The Hall–Kier alpha value is -2.41. The first-order valence-corrected chi connectivity index (χ1v) is 6.72. The van der Waals surface area contributed by atoms with E-state index in [1.165, 1.54) is 6.07 Å². The summed E-state index contributed by atoms with van der Waals surface area (Å²) < 4.78 is 10.9. The molecule has 0 spiro atoms. The predicted octanol–water partition coefficient (Wildman–Crippen LogP) is 3.18. The van der Waals surface area contributed by atoms with Crippen molar-refractivity contribution in [3.63, 3.8) is 0 Å². The molecule has 102 valence electrons. The van der Waals surface area contributed by atoms with Gasteiger partial charge in [0.2, 0.25) is 0 Å². The lowest BCUT2D eigenvalue weighted by molar-refractivity contribution is -0.380. The number of hydrogen-bond donors (Lipinski definition) is 0. The summed E-state index contributed by atoms with van der Waals surface area (Å²) in [6.07, 6.45) is 1.60. The van der Waals surface area contributed by atoms with E-state index in [1.807, 2.05) is 6.07 Å². The van der Waals surface area contributed by atoms with Gasteiger partial charge >= 0.3 is 5.00 Å². The maximum atomic E-state index is 10.6. The third-order valence-corrected chi connectivity index (χ3v) is 3.63. The molecule has 20 heavy (non-hydrogen) atoms. The van der Waals surface area contributed by atoms with Crippen molar-refractivity contribution in [1.29, 1.82) is 0 Å². The monoisotopic (exact) mass is 290 g/mol. The largest absolute Gasteiger partial charge is 0.486 e. The summed E-state index contributed by atoms with van der Waals surface area (Å²) in [6, 6.07) is 8.54. The van der Waals surface area contributed by atoms with Crippen molar-refractivity contribution in [1.82, 2.24) is 0 Å². The Morgan fingerprint density at radius 3 is 2.75 bits per heavy atom. The molecule has 3 rings (SSSR count). The van der Waals surface area contributed by atoms with Crippen LogP contribution in [0.15, 0.2) is 35.3 Å². The SMILES string of the molecule is O=[N+]([O-])c1ccc(C=Nc2ccc3c(c2)OCCO3)s1. The molecule has 0 atom stereocenters. The van der Waals surface area contributed by atoms with Crippen LogP contribution in [-0.4, -0.2) is 24.4 Å². The molecule has 0 saturated carbocycles. The minimum atomic E-state index is -0.411. The molecule has 0 unspecified atom stereocenters. The van der Waals surface area contributed by atoms with Crippen LogP contribution in [-0.2, 0) is 0 Å². The van der Waals surface area contributed by atoms with Crippen molar-refractivity contribution in [3.05, 3.63) is 45.3 Å². The van der Waals surface area contributed by atoms with E-state index in [1.54, 1.807) is 24.4 Å². The molecule has 2 heterocycles. The van der Waals surface area contributed by atoms with Gasteiger partial charge in [0.05, 0.1) is 15.5 Å². The van der Waals surface area contributed by atoms with Gasteiger partial charge in [0.15, 0.2) is 11.5 Å². The Kier molecular flexibility index (Phi) is 3.34. The van der Waals surface area contributed by atoms with Crippen LogP contribution in [0.3, 0.4) is 0 Å². The predicted molar refractivity (Wildman–Crippen MR) is 75.7 cm³/mol. The van der Waals surface area contributed by atoms with E-state index < -0.39 is 4.92 Å². The molecule has 7 heteroatoms. The first-order valence-electron chi connectivity index (χ1n) is 5.90. The average Bonchev–Trinajstić information content (AvgIpc) is 2.94. The van der Waals surface area contributed by atoms with E-state index in [0.717, 1.165) is 16.2 Å². The van der Waals surface area contributed by atoms with Gasteiger partial charge in [-0.15, -0.1) is 0 Å². The molecule has 0 fully saturated rings. The number of aliphatic imine (C=N–C) groups is 1. The lowest BCUT2D eigenvalue weighted by atomic mass is 10.2. The molecule has 1 aromatic carbocycles. The summed E-state index contributed by atoms with van der Waals surface area (Å²) in [5.74, 6) is 1.38. The zero-order chi connectivity index (χ0) is 13.9. The summed E-state index contributed by atoms with van der Waals surface area (Å²) in [5.41, 5.74) is 0.713. The molecule has 1 aromatic heterocycles. The summed E-state index contributed by atoms with van der Waals surface area (Å²) in [4.78, 5) is 15.2. The molecule has 0 radical (unpaired) electrons. The number of hydrogen-bond acceptors (Lipinski definition) is 6. The number of nitrogens with zero attached hydrogens (tertiary/aromatic N) is 2. The highest BCUT2D eigenvalue weighted by atomic mass is 32.1. The molecule has 0 saturated heterocycles. The standard InChI is InChI=1S/C13H10N2O4S/c16-15(17)13-4-2-10(20-13)8-14-9-1-3-11-12(7-9)19-6-5-18-11/h1-4,7-8H,5-6H2. The molecule has 0 N–H and O–H groups in total. The van der Waals surface area contributed by atoms with Gasteiger partial charge in [0.25, 0.3) is 0 Å². The fourth-order valence-electron chi connectivity index (χ4n) is 1.76. The maximum absolute atomic E-state index is 10.6. The van der Waals surface area contributed by atoms with Crippen LogP contribution in [0, 0.1) is 10.1 Å². The first-order chi connectivity index (χ1) is 9.72. The molecular weight excluding hydrogens is 280 g/mol. The number of rotatable bonds is 3. The fraction of sp³-hybridized carbons (Fsp3) is 0.154. The van der Waals surface area contributed by atoms with Crippen molar-refractivity contribution >= 4 is 28.2 Å². The number of thiophene rings is 1. The smallest absolute Gasteiger partial charge is 0.324 e. The van der Waals surface area contributed by atoms with Crippen molar-refractivity contribution < 1.29 is 14.4 Å². The molecule has 1 aliphatic heterocycles.